The zero-order valence-corrected chi connectivity index (χ0v) is 22.0. The highest BCUT2D eigenvalue weighted by Crippen LogP contribution is 2.55. The van der Waals surface area contributed by atoms with E-state index >= 15 is 0 Å². The normalized spacial score (nSPS) is 26.4. The molecule has 4 saturated carbocycles. The van der Waals surface area contributed by atoms with Crippen LogP contribution in [-0.4, -0.2) is 60.9 Å². The molecule has 5 aliphatic rings. The van der Waals surface area contributed by atoms with Crippen LogP contribution in [0.1, 0.15) is 49.8 Å². The topological polar surface area (TPSA) is 93.5 Å². The molecular formula is C29H37N3O6. The minimum atomic E-state index is -0.168. The van der Waals surface area contributed by atoms with Gasteiger partial charge in [0.1, 0.15) is 12.3 Å². The van der Waals surface area contributed by atoms with E-state index < -0.39 is 0 Å². The maximum Gasteiger partial charge on any atom is 0.318 e. The number of carbonyl (C=O) groups excluding carboxylic acids is 2. The molecule has 2 aromatic rings. The number of amides is 3. The lowest BCUT2D eigenvalue weighted by molar-refractivity contribution is -0.133. The minimum absolute atomic E-state index is 0.0349. The standard InChI is InChI=1S/C29H37N3O6/c1-35-8-6-31(28(34)30-29-13-21-9-22(14-29)11-23(10-21)15-29)18-27(33)32(17-24-3-2-7-36-24)16-20-4-5-25-26(12-20)38-19-37-25/h2-5,7,12,21-23H,6,8-11,13-19H2,1H3,(H,30,34). The molecule has 0 radical (unpaired) electrons. The molecule has 38 heavy (non-hydrogen) atoms. The lowest BCUT2D eigenvalue weighted by Crippen LogP contribution is -2.62. The highest BCUT2D eigenvalue weighted by molar-refractivity contribution is 5.84. The lowest BCUT2D eigenvalue weighted by Gasteiger charge is -2.57. The number of methoxy groups -OCH3 is 1. The summed E-state index contributed by atoms with van der Waals surface area (Å²) in [5.41, 5.74) is 0.788. The lowest BCUT2D eigenvalue weighted by atomic mass is 9.53. The first-order chi connectivity index (χ1) is 18.5. The number of fused-ring (bicyclic) bond motifs is 1. The molecule has 4 fully saturated rings. The van der Waals surface area contributed by atoms with Crippen molar-refractivity contribution in [3.05, 3.63) is 47.9 Å². The van der Waals surface area contributed by atoms with E-state index in [0.717, 1.165) is 42.6 Å². The number of ether oxygens (including phenoxy) is 3. The smallest absolute Gasteiger partial charge is 0.318 e. The largest absolute Gasteiger partial charge is 0.467 e. The van der Waals surface area contributed by atoms with Crippen molar-refractivity contribution in [2.75, 3.05) is 33.6 Å². The van der Waals surface area contributed by atoms with Gasteiger partial charge in [-0.05, 0) is 86.1 Å². The Balaban J connectivity index is 1.17. The summed E-state index contributed by atoms with van der Waals surface area (Å²) in [6.45, 7) is 1.52. The molecule has 0 saturated heterocycles. The molecule has 204 valence electrons. The van der Waals surface area contributed by atoms with Crippen LogP contribution in [0.5, 0.6) is 11.5 Å². The number of rotatable bonds is 10. The molecule has 0 atom stereocenters. The summed E-state index contributed by atoms with van der Waals surface area (Å²) in [7, 11) is 1.61. The number of nitrogens with zero attached hydrogens (tertiary/aromatic N) is 2. The second kappa shape index (κ2) is 10.5. The van der Waals surface area contributed by atoms with Gasteiger partial charge in [-0.25, -0.2) is 4.79 Å². The molecule has 3 amide bonds. The van der Waals surface area contributed by atoms with Gasteiger partial charge in [0.25, 0.3) is 0 Å². The van der Waals surface area contributed by atoms with Crippen LogP contribution in [0.4, 0.5) is 4.79 Å². The van der Waals surface area contributed by atoms with E-state index in [4.69, 9.17) is 18.6 Å². The van der Waals surface area contributed by atoms with Crippen LogP contribution in [-0.2, 0) is 22.6 Å². The van der Waals surface area contributed by atoms with Crippen molar-refractivity contribution >= 4 is 11.9 Å². The highest BCUT2D eigenvalue weighted by Gasteiger charge is 2.51. The van der Waals surface area contributed by atoms with Gasteiger partial charge in [-0.15, -0.1) is 0 Å². The molecule has 4 aliphatic carbocycles. The van der Waals surface area contributed by atoms with Crippen molar-refractivity contribution in [2.24, 2.45) is 17.8 Å². The molecule has 9 nitrogen and oxygen atoms in total. The summed E-state index contributed by atoms with van der Waals surface area (Å²) < 4.78 is 21.8. The van der Waals surface area contributed by atoms with Gasteiger partial charge in [0.05, 0.1) is 19.4 Å². The molecule has 1 aromatic heterocycles. The number of benzene rings is 1. The molecule has 1 aromatic carbocycles. The number of nitrogens with one attached hydrogen (secondary N) is 1. The highest BCUT2D eigenvalue weighted by atomic mass is 16.7. The van der Waals surface area contributed by atoms with E-state index in [2.05, 4.69) is 5.32 Å². The molecule has 4 bridgehead atoms. The number of hydrogen-bond donors (Lipinski definition) is 1. The fourth-order valence-corrected chi connectivity index (χ4v) is 7.37. The Hall–Kier alpha value is -3.20. The Labute approximate surface area is 223 Å². The van der Waals surface area contributed by atoms with Crippen LogP contribution in [0.3, 0.4) is 0 Å². The Bertz CT molecular complexity index is 1110. The van der Waals surface area contributed by atoms with E-state index in [1.54, 1.807) is 23.2 Å². The first-order valence-corrected chi connectivity index (χ1v) is 13.7. The third-order valence-corrected chi connectivity index (χ3v) is 8.68. The van der Waals surface area contributed by atoms with E-state index in [0.29, 0.717) is 43.5 Å². The third-order valence-electron chi connectivity index (χ3n) is 8.68. The first kappa shape index (κ1) is 25.1. The summed E-state index contributed by atoms with van der Waals surface area (Å²) in [5.74, 6) is 4.06. The zero-order chi connectivity index (χ0) is 26.1. The zero-order valence-electron chi connectivity index (χ0n) is 22.0. The van der Waals surface area contributed by atoms with Gasteiger partial charge < -0.3 is 33.7 Å². The molecule has 1 N–H and O–H groups in total. The maximum absolute atomic E-state index is 13.7. The van der Waals surface area contributed by atoms with Crippen molar-refractivity contribution in [3.8, 4) is 11.5 Å². The number of carbonyl (C=O) groups is 2. The average Bonchev–Trinajstić information content (AvgIpc) is 3.56. The summed E-state index contributed by atoms with van der Waals surface area (Å²) in [6.07, 6.45) is 8.71. The fourth-order valence-electron chi connectivity index (χ4n) is 7.37. The Morgan fingerprint density at radius 3 is 2.42 bits per heavy atom. The number of hydrogen-bond acceptors (Lipinski definition) is 6. The minimum Gasteiger partial charge on any atom is -0.467 e. The van der Waals surface area contributed by atoms with Gasteiger partial charge in [0.2, 0.25) is 12.7 Å². The number of furan rings is 1. The van der Waals surface area contributed by atoms with Crippen molar-refractivity contribution in [1.82, 2.24) is 15.1 Å². The van der Waals surface area contributed by atoms with Gasteiger partial charge in [0.15, 0.2) is 11.5 Å². The monoisotopic (exact) mass is 523 g/mol. The van der Waals surface area contributed by atoms with Crippen LogP contribution in [0.25, 0.3) is 0 Å². The molecule has 9 heteroatoms. The fraction of sp³-hybridized carbons (Fsp3) is 0.586. The van der Waals surface area contributed by atoms with Gasteiger partial charge in [-0.2, -0.15) is 0 Å². The predicted molar refractivity (Wildman–Crippen MR) is 138 cm³/mol. The van der Waals surface area contributed by atoms with Crippen LogP contribution in [0, 0.1) is 17.8 Å². The summed E-state index contributed by atoms with van der Waals surface area (Å²) in [4.78, 5) is 30.7. The van der Waals surface area contributed by atoms with Gasteiger partial charge in [-0.1, -0.05) is 6.07 Å². The molecule has 2 heterocycles. The first-order valence-electron chi connectivity index (χ1n) is 13.7. The molecule has 0 unspecified atom stereocenters. The van der Waals surface area contributed by atoms with E-state index in [9.17, 15) is 9.59 Å². The summed E-state index contributed by atoms with van der Waals surface area (Å²) in [6, 6.07) is 9.17. The Morgan fingerprint density at radius 1 is 1.00 bits per heavy atom. The SMILES string of the molecule is COCCN(CC(=O)N(Cc1ccc2c(c1)OCO2)Cc1ccco1)C(=O)NC12CC3CC(CC(C3)C1)C2. The second-order valence-electron chi connectivity index (χ2n) is 11.6. The third kappa shape index (κ3) is 5.34. The van der Waals surface area contributed by atoms with Gasteiger partial charge >= 0.3 is 6.03 Å². The van der Waals surface area contributed by atoms with Crippen molar-refractivity contribution in [3.63, 3.8) is 0 Å². The maximum atomic E-state index is 13.7. The van der Waals surface area contributed by atoms with Crippen molar-refractivity contribution in [2.45, 2.75) is 57.2 Å². The summed E-state index contributed by atoms with van der Waals surface area (Å²) in [5, 5.41) is 3.41. The van der Waals surface area contributed by atoms with Crippen LogP contribution < -0.4 is 14.8 Å². The molecule has 7 rings (SSSR count). The average molecular weight is 524 g/mol. The Morgan fingerprint density at radius 2 is 1.74 bits per heavy atom. The Kier molecular flexibility index (Phi) is 6.95. The van der Waals surface area contributed by atoms with Gasteiger partial charge in [-0.3, -0.25) is 4.79 Å². The van der Waals surface area contributed by atoms with Crippen LogP contribution in [0.2, 0.25) is 0 Å². The van der Waals surface area contributed by atoms with Crippen LogP contribution in [0.15, 0.2) is 41.0 Å². The number of urea groups is 1. The van der Waals surface area contributed by atoms with Crippen molar-refractivity contribution < 1.29 is 28.2 Å². The molecular weight excluding hydrogens is 486 g/mol. The van der Waals surface area contributed by atoms with E-state index in [1.165, 1.54) is 19.3 Å². The van der Waals surface area contributed by atoms with Crippen LogP contribution >= 0.6 is 0 Å². The second-order valence-corrected chi connectivity index (χ2v) is 11.6. The van der Waals surface area contributed by atoms with E-state index in [1.807, 2.05) is 30.3 Å². The quantitative estimate of drug-likeness (QED) is 0.503. The van der Waals surface area contributed by atoms with Gasteiger partial charge in [0, 0.05) is 25.7 Å². The molecule has 1 aliphatic heterocycles. The van der Waals surface area contributed by atoms with Crippen molar-refractivity contribution in [1.29, 1.82) is 0 Å². The molecule has 0 spiro atoms. The predicted octanol–water partition coefficient (Wildman–Crippen LogP) is 4.16. The van der Waals surface area contributed by atoms with E-state index in [-0.39, 0.29) is 30.8 Å². The summed E-state index contributed by atoms with van der Waals surface area (Å²) >= 11 is 0.